The largest absolute Gasteiger partial charge is 0.507 e. The molecule has 3 aromatic rings. The number of aromatic hydroxyl groups is 1. The Morgan fingerprint density at radius 2 is 1.58 bits per heavy atom. The lowest BCUT2D eigenvalue weighted by molar-refractivity contribution is -0.0328. The maximum atomic E-state index is 12.5. The molecule has 3 N–H and O–H groups in total. The summed E-state index contributed by atoms with van der Waals surface area (Å²) >= 11 is -0.169. The van der Waals surface area contributed by atoms with Gasteiger partial charge in [-0.25, -0.2) is 8.42 Å². The van der Waals surface area contributed by atoms with E-state index in [4.69, 9.17) is 0 Å². The molecule has 0 aliphatic rings. The Hall–Kier alpha value is -3.18. The minimum atomic E-state index is -4.33. The highest BCUT2D eigenvalue weighted by atomic mass is 32.2. The van der Waals surface area contributed by atoms with Crippen LogP contribution in [0.15, 0.2) is 76.5 Å². The SMILES string of the molecule is CS(=O)(=O)c1cc(NC(=O)c2ccc(NCc3ccc(SC(F)(F)F)cc3)cc2)ccc1O. The first-order chi connectivity index (χ1) is 15.4. The highest BCUT2D eigenvalue weighted by Gasteiger charge is 2.29. The molecule has 0 bridgehead atoms. The molecule has 0 fully saturated rings. The van der Waals surface area contributed by atoms with Crippen LogP contribution in [0.3, 0.4) is 0 Å². The van der Waals surface area contributed by atoms with E-state index in [1.54, 1.807) is 36.4 Å². The molecule has 3 rings (SSSR count). The Balaban J connectivity index is 1.59. The number of carbonyl (C=O) groups is 1. The van der Waals surface area contributed by atoms with E-state index in [1.807, 2.05) is 0 Å². The molecule has 6 nitrogen and oxygen atoms in total. The van der Waals surface area contributed by atoms with Gasteiger partial charge in [-0.1, -0.05) is 12.1 Å². The predicted octanol–water partition coefficient (Wildman–Crippen LogP) is 5.27. The van der Waals surface area contributed by atoms with Crippen LogP contribution in [0.25, 0.3) is 0 Å². The number of alkyl halides is 3. The van der Waals surface area contributed by atoms with Crippen LogP contribution in [0.1, 0.15) is 15.9 Å². The van der Waals surface area contributed by atoms with Gasteiger partial charge < -0.3 is 15.7 Å². The number of phenols is 1. The van der Waals surface area contributed by atoms with Gasteiger partial charge in [-0.2, -0.15) is 13.2 Å². The third kappa shape index (κ3) is 7.16. The van der Waals surface area contributed by atoms with Crippen LogP contribution in [0.2, 0.25) is 0 Å². The quantitative estimate of drug-likeness (QED) is 0.305. The average Bonchev–Trinajstić information content (AvgIpc) is 2.73. The summed E-state index contributed by atoms with van der Waals surface area (Å²) in [4.78, 5) is 12.3. The van der Waals surface area contributed by atoms with Gasteiger partial charge >= 0.3 is 5.51 Å². The minimum absolute atomic E-state index is 0.110. The van der Waals surface area contributed by atoms with Crippen molar-refractivity contribution in [2.45, 2.75) is 21.8 Å². The fourth-order valence-electron chi connectivity index (χ4n) is 2.84. The van der Waals surface area contributed by atoms with Crippen LogP contribution in [0, 0.1) is 0 Å². The molecule has 0 aliphatic heterocycles. The second kappa shape index (κ2) is 9.75. The molecule has 11 heteroatoms. The Morgan fingerprint density at radius 1 is 0.970 bits per heavy atom. The number of thioether (sulfide) groups is 1. The van der Waals surface area contributed by atoms with Crippen molar-refractivity contribution in [3.8, 4) is 5.75 Å². The summed E-state index contributed by atoms with van der Waals surface area (Å²) in [7, 11) is -3.66. The van der Waals surface area contributed by atoms with Gasteiger partial charge in [0.25, 0.3) is 5.91 Å². The van der Waals surface area contributed by atoms with Crippen molar-refractivity contribution in [2.75, 3.05) is 16.9 Å². The van der Waals surface area contributed by atoms with E-state index < -0.39 is 27.0 Å². The molecule has 0 heterocycles. The van der Waals surface area contributed by atoms with Crippen molar-refractivity contribution in [1.29, 1.82) is 0 Å². The van der Waals surface area contributed by atoms with Crippen LogP contribution in [-0.4, -0.2) is 31.2 Å². The second-order valence-corrected chi connectivity index (χ2v) is 10.2. The fraction of sp³-hybridized carbons (Fsp3) is 0.136. The molecule has 33 heavy (non-hydrogen) atoms. The summed E-state index contributed by atoms with van der Waals surface area (Å²) in [5.41, 5.74) is -2.30. The summed E-state index contributed by atoms with van der Waals surface area (Å²) in [6.07, 6.45) is 0.954. The maximum absolute atomic E-state index is 12.5. The van der Waals surface area contributed by atoms with Crippen LogP contribution < -0.4 is 10.6 Å². The zero-order chi connectivity index (χ0) is 24.2. The van der Waals surface area contributed by atoms with Gasteiger partial charge in [0.15, 0.2) is 9.84 Å². The summed E-state index contributed by atoms with van der Waals surface area (Å²) in [5.74, 6) is -0.871. The lowest BCUT2D eigenvalue weighted by Crippen LogP contribution is -2.12. The van der Waals surface area contributed by atoms with Crippen molar-refractivity contribution < 1.29 is 31.5 Å². The van der Waals surface area contributed by atoms with E-state index >= 15 is 0 Å². The molecule has 0 radical (unpaired) electrons. The molecular formula is C22H19F3N2O4S2. The lowest BCUT2D eigenvalue weighted by Gasteiger charge is -2.10. The molecule has 0 aliphatic carbocycles. The molecule has 3 aromatic carbocycles. The molecule has 0 saturated carbocycles. The highest BCUT2D eigenvalue weighted by Crippen LogP contribution is 2.36. The number of phenolic OH excluding ortho intramolecular Hbond substituents is 1. The van der Waals surface area contributed by atoms with Crippen LogP contribution in [0.4, 0.5) is 24.5 Å². The molecular weight excluding hydrogens is 477 g/mol. The fourth-order valence-corrected chi connectivity index (χ4v) is 4.17. The first-order valence-electron chi connectivity index (χ1n) is 9.44. The number of halogens is 3. The summed E-state index contributed by atoms with van der Waals surface area (Å²) in [6, 6.07) is 16.2. The number of amides is 1. The predicted molar refractivity (Wildman–Crippen MR) is 121 cm³/mol. The topological polar surface area (TPSA) is 95.5 Å². The molecule has 174 valence electrons. The third-order valence-electron chi connectivity index (χ3n) is 4.42. The number of benzene rings is 3. The van der Waals surface area contributed by atoms with Gasteiger partial charge in [0, 0.05) is 34.6 Å². The number of sulfone groups is 1. The number of hydrogen-bond acceptors (Lipinski definition) is 6. The van der Waals surface area contributed by atoms with E-state index in [2.05, 4.69) is 10.6 Å². The van der Waals surface area contributed by atoms with E-state index in [0.717, 1.165) is 11.8 Å². The lowest BCUT2D eigenvalue weighted by atomic mass is 10.1. The van der Waals surface area contributed by atoms with Crippen molar-refractivity contribution in [1.82, 2.24) is 0 Å². The number of carbonyl (C=O) groups excluding carboxylic acids is 1. The molecule has 0 spiro atoms. The van der Waals surface area contributed by atoms with Gasteiger partial charge in [-0.05, 0) is 71.9 Å². The minimum Gasteiger partial charge on any atom is -0.507 e. The van der Waals surface area contributed by atoms with E-state index in [-0.39, 0.29) is 27.2 Å². The summed E-state index contributed by atoms with van der Waals surface area (Å²) < 4.78 is 60.6. The zero-order valence-electron chi connectivity index (χ0n) is 17.2. The Labute approximate surface area is 192 Å². The summed E-state index contributed by atoms with van der Waals surface area (Å²) in [5, 5.41) is 15.4. The van der Waals surface area contributed by atoms with Gasteiger partial charge in [-0.3, -0.25) is 4.79 Å². The third-order valence-corrected chi connectivity index (χ3v) is 6.28. The van der Waals surface area contributed by atoms with E-state index in [9.17, 15) is 31.5 Å². The van der Waals surface area contributed by atoms with Gasteiger partial charge in [0.05, 0.1) is 0 Å². The molecule has 0 aromatic heterocycles. The molecule has 0 unspecified atom stereocenters. The number of nitrogens with one attached hydrogen (secondary N) is 2. The Bertz CT molecular complexity index is 1240. The first-order valence-corrected chi connectivity index (χ1v) is 12.1. The zero-order valence-corrected chi connectivity index (χ0v) is 18.8. The normalized spacial score (nSPS) is 11.8. The van der Waals surface area contributed by atoms with Crippen LogP contribution in [0.5, 0.6) is 5.75 Å². The van der Waals surface area contributed by atoms with Gasteiger partial charge in [0.1, 0.15) is 10.6 Å². The van der Waals surface area contributed by atoms with E-state index in [1.165, 1.54) is 30.3 Å². The van der Waals surface area contributed by atoms with Gasteiger partial charge in [-0.15, -0.1) is 0 Å². The average molecular weight is 497 g/mol. The van der Waals surface area contributed by atoms with Crippen molar-refractivity contribution in [3.05, 3.63) is 77.9 Å². The Morgan fingerprint density at radius 3 is 2.15 bits per heavy atom. The highest BCUT2D eigenvalue weighted by molar-refractivity contribution is 8.00. The standard InChI is InChI=1S/C22H19F3N2O4S2/c1-33(30,31)20-12-17(8-11-19(20)28)27-21(29)15-4-6-16(7-5-15)26-13-14-2-9-18(10-3-14)32-22(23,24)25/h2-12,26,28H,13H2,1H3,(H,27,29). The molecule has 0 saturated heterocycles. The molecule has 0 atom stereocenters. The van der Waals surface area contributed by atoms with Crippen molar-refractivity contribution in [3.63, 3.8) is 0 Å². The van der Waals surface area contributed by atoms with Crippen LogP contribution in [-0.2, 0) is 16.4 Å². The smallest absolute Gasteiger partial charge is 0.446 e. The summed E-state index contributed by atoms with van der Waals surface area (Å²) in [6.45, 7) is 0.379. The molecule has 1 amide bonds. The number of rotatable bonds is 7. The second-order valence-electron chi connectivity index (χ2n) is 7.03. The number of hydrogen-bond donors (Lipinski definition) is 3. The maximum Gasteiger partial charge on any atom is 0.446 e. The monoisotopic (exact) mass is 496 g/mol. The van der Waals surface area contributed by atoms with E-state index in [0.29, 0.717) is 17.8 Å². The van der Waals surface area contributed by atoms with Crippen LogP contribution >= 0.6 is 11.8 Å². The first kappa shape index (κ1) is 24.5. The Kier molecular flexibility index (Phi) is 7.23. The van der Waals surface area contributed by atoms with Crippen molar-refractivity contribution >= 4 is 38.9 Å². The van der Waals surface area contributed by atoms with Gasteiger partial charge in [0.2, 0.25) is 0 Å². The number of anilines is 2. The van der Waals surface area contributed by atoms with Crippen molar-refractivity contribution in [2.24, 2.45) is 0 Å².